The summed E-state index contributed by atoms with van der Waals surface area (Å²) in [6, 6.07) is 37.5. The minimum Gasteiger partial charge on any atom is -0.384 e. The fraction of sp³-hybridized carbons (Fsp3) is 0.0952. The number of fused-ring (bicyclic) bond motifs is 14. The first kappa shape index (κ1) is 24.5. The molecule has 1 atom stereocenters. The van der Waals surface area contributed by atoms with Gasteiger partial charge in [-0.3, -0.25) is 0 Å². The van der Waals surface area contributed by atoms with Crippen LogP contribution in [0.25, 0.3) is 86.5 Å². The summed E-state index contributed by atoms with van der Waals surface area (Å²) in [7, 11) is -1.73. The van der Waals surface area contributed by atoms with Crippen molar-refractivity contribution >= 4 is 83.5 Å². The monoisotopic (exact) mass is 576 g/mol. The average Bonchev–Trinajstić information content (AvgIpc) is 3.65. The lowest BCUT2D eigenvalue weighted by molar-refractivity contribution is 0.225. The van der Waals surface area contributed by atoms with Gasteiger partial charge in [-0.05, 0) is 87.4 Å². The molecular weight excluding hydrogens is 549 g/mol. The van der Waals surface area contributed by atoms with Crippen molar-refractivity contribution < 1.29 is 5.11 Å². The first-order chi connectivity index (χ1) is 21.4. The molecule has 0 bridgehead atoms. The summed E-state index contributed by atoms with van der Waals surface area (Å²) in [4.78, 5) is 0. The molecule has 1 aliphatic carbocycles. The Balaban J connectivity index is 1.65. The van der Waals surface area contributed by atoms with Crippen LogP contribution < -0.4 is 0 Å². The molecule has 1 N–H and O–H groups in total. The smallest absolute Gasteiger partial charge is 0.129 e. The van der Waals surface area contributed by atoms with E-state index >= 15 is 0 Å². The van der Waals surface area contributed by atoms with Crippen LogP contribution in [0, 0.1) is 11.5 Å². The molecule has 0 saturated carbocycles. The van der Waals surface area contributed by atoms with Crippen LogP contribution in [0.4, 0.5) is 0 Å². The van der Waals surface area contributed by atoms with Gasteiger partial charge in [0.25, 0.3) is 0 Å². The summed E-state index contributed by atoms with van der Waals surface area (Å²) >= 11 is 0. The average molecular weight is 577 g/mol. The third-order valence-electron chi connectivity index (χ3n) is 9.90. The zero-order chi connectivity index (χ0) is 29.5. The highest BCUT2D eigenvalue weighted by Gasteiger charge is 2.36. The number of hydrogen-bond acceptors (Lipinski definition) is 1. The highest BCUT2D eigenvalue weighted by molar-refractivity contribution is 6.84. The first-order valence-corrected chi connectivity index (χ1v) is 19.0. The molecule has 1 nitrogen and oxygen atoms in total. The van der Waals surface area contributed by atoms with Gasteiger partial charge < -0.3 is 5.11 Å². The van der Waals surface area contributed by atoms with Crippen molar-refractivity contribution in [2.24, 2.45) is 0 Å². The van der Waals surface area contributed by atoms with Gasteiger partial charge in [0.2, 0.25) is 0 Å². The second-order valence-electron chi connectivity index (χ2n) is 13.5. The lowest BCUT2D eigenvalue weighted by atomic mass is 9.85. The summed E-state index contributed by atoms with van der Waals surface area (Å²) in [5.41, 5.74) is 8.95. The summed E-state index contributed by atoms with van der Waals surface area (Å²) < 4.78 is 0. The molecule has 0 radical (unpaired) electrons. The number of hydrogen-bond donors (Lipinski definition) is 1. The molecule has 1 aliphatic rings. The molecule has 0 heterocycles. The number of aliphatic hydroxyl groups is 1. The maximum Gasteiger partial charge on any atom is 0.129 e. The van der Waals surface area contributed by atoms with E-state index in [1.807, 2.05) is 6.07 Å². The van der Waals surface area contributed by atoms with E-state index in [0.29, 0.717) is 0 Å². The van der Waals surface area contributed by atoms with Crippen LogP contribution in [0.2, 0.25) is 19.6 Å². The van der Waals surface area contributed by atoms with Crippen molar-refractivity contribution in [2.45, 2.75) is 25.7 Å². The summed E-state index contributed by atoms with van der Waals surface area (Å²) in [5, 5.41) is 30.1. The molecule has 9 aromatic carbocycles. The molecule has 0 amide bonds. The van der Waals surface area contributed by atoms with Gasteiger partial charge in [0, 0.05) is 21.9 Å². The summed E-state index contributed by atoms with van der Waals surface area (Å²) in [6.45, 7) is 6.89. The molecule has 0 spiro atoms. The SMILES string of the molecule is C[Si](C)(C)C#Cc1c2c(c3c4c5ccccc5c5cc6ccccc6c(c54)c4c5ccccc5c1c34)-c1ccccc1C2O. The molecule has 0 aliphatic heterocycles. The Kier molecular flexibility index (Phi) is 4.54. The number of benzene rings is 7. The van der Waals surface area contributed by atoms with Crippen molar-refractivity contribution in [1.82, 2.24) is 0 Å². The molecule has 0 saturated heterocycles. The molecule has 206 valence electrons. The fourth-order valence-corrected chi connectivity index (χ4v) is 8.81. The molecule has 0 fully saturated rings. The van der Waals surface area contributed by atoms with E-state index in [0.717, 1.165) is 27.8 Å². The zero-order valence-corrected chi connectivity index (χ0v) is 25.8. The van der Waals surface area contributed by atoms with Crippen LogP contribution >= 0.6 is 0 Å². The molecule has 10 rings (SSSR count). The van der Waals surface area contributed by atoms with Crippen molar-refractivity contribution in [2.75, 3.05) is 0 Å². The molecule has 2 heteroatoms. The van der Waals surface area contributed by atoms with Gasteiger partial charge in [-0.1, -0.05) is 123 Å². The van der Waals surface area contributed by atoms with E-state index in [2.05, 4.69) is 128 Å². The summed E-state index contributed by atoms with van der Waals surface area (Å²) in [5.74, 6) is 3.74. The van der Waals surface area contributed by atoms with Crippen LogP contribution in [0.1, 0.15) is 22.8 Å². The molecule has 1 unspecified atom stereocenters. The lowest BCUT2D eigenvalue weighted by Gasteiger charge is -2.17. The Morgan fingerprint density at radius 3 is 1.84 bits per heavy atom. The Morgan fingerprint density at radius 2 is 1.09 bits per heavy atom. The van der Waals surface area contributed by atoms with Gasteiger partial charge in [-0.15, -0.1) is 5.54 Å². The Morgan fingerprint density at radius 1 is 0.545 bits per heavy atom. The fourth-order valence-electron chi connectivity index (χ4n) is 8.31. The minimum atomic E-state index is -1.73. The Labute approximate surface area is 256 Å². The third kappa shape index (κ3) is 2.89. The molecule has 9 aromatic rings. The molecule has 44 heavy (non-hydrogen) atoms. The topological polar surface area (TPSA) is 20.2 Å². The van der Waals surface area contributed by atoms with Crippen LogP contribution in [0.15, 0.2) is 103 Å². The Bertz CT molecular complexity index is 2770. The third-order valence-corrected chi connectivity index (χ3v) is 10.8. The second kappa shape index (κ2) is 8.15. The van der Waals surface area contributed by atoms with Gasteiger partial charge in [-0.2, -0.15) is 0 Å². The van der Waals surface area contributed by atoms with Gasteiger partial charge in [0.1, 0.15) is 14.2 Å². The predicted octanol–water partition coefficient (Wildman–Crippen LogP) is 10.9. The van der Waals surface area contributed by atoms with E-state index in [1.54, 1.807) is 0 Å². The first-order valence-electron chi connectivity index (χ1n) is 15.5. The van der Waals surface area contributed by atoms with Crippen LogP contribution in [0.5, 0.6) is 0 Å². The largest absolute Gasteiger partial charge is 0.384 e. The van der Waals surface area contributed by atoms with E-state index in [-0.39, 0.29) is 0 Å². The molecular formula is C42H28OSi. The highest BCUT2D eigenvalue weighted by atomic mass is 28.3. The van der Waals surface area contributed by atoms with Gasteiger partial charge in [0.15, 0.2) is 0 Å². The second-order valence-corrected chi connectivity index (χ2v) is 18.3. The maximum atomic E-state index is 12.2. The minimum absolute atomic E-state index is 0.723. The predicted molar refractivity (Wildman–Crippen MR) is 191 cm³/mol. The standard InChI is InChI=1S/C42H28OSi/c1-44(2,3)21-20-31-33-27-16-8-9-17-28(27)36-34-24-13-5-4-12-23(24)22-32-25-14-6-7-15-26(25)35(38(32)34)41(40(33)36)37-29-18-10-11-19-30(29)42(43)39(31)37/h4-19,22,42-43H,1-3H3. The normalized spacial score (nSPS) is 14.9. The zero-order valence-electron chi connectivity index (χ0n) is 24.8. The maximum absolute atomic E-state index is 12.2. The van der Waals surface area contributed by atoms with E-state index in [9.17, 15) is 5.11 Å². The van der Waals surface area contributed by atoms with Gasteiger partial charge in [-0.25, -0.2) is 0 Å². The summed E-state index contributed by atoms with van der Waals surface area (Å²) in [6.07, 6.45) is -0.723. The van der Waals surface area contributed by atoms with Gasteiger partial charge in [0.05, 0.1) is 0 Å². The van der Waals surface area contributed by atoms with E-state index in [1.165, 1.54) is 75.4 Å². The number of rotatable bonds is 0. The highest BCUT2D eigenvalue weighted by Crippen LogP contribution is 2.59. The van der Waals surface area contributed by atoms with Crippen molar-refractivity contribution in [1.29, 1.82) is 0 Å². The van der Waals surface area contributed by atoms with Crippen LogP contribution in [-0.4, -0.2) is 13.2 Å². The van der Waals surface area contributed by atoms with E-state index in [4.69, 9.17) is 0 Å². The van der Waals surface area contributed by atoms with E-state index < -0.39 is 14.2 Å². The van der Waals surface area contributed by atoms with Crippen LogP contribution in [0.3, 0.4) is 0 Å². The lowest BCUT2D eigenvalue weighted by Crippen LogP contribution is -2.16. The van der Waals surface area contributed by atoms with Crippen LogP contribution in [-0.2, 0) is 0 Å². The Hall–Kier alpha value is -4.94. The van der Waals surface area contributed by atoms with Gasteiger partial charge >= 0.3 is 0 Å². The van der Waals surface area contributed by atoms with Crippen molar-refractivity contribution in [3.63, 3.8) is 0 Å². The van der Waals surface area contributed by atoms with Crippen molar-refractivity contribution in [3.8, 4) is 22.6 Å². The molecule has 0 aromatic heterocycles. The van der Waals surface area contributed by atoms with Crippen molar-refractivity contribution in [3.05, 3.63) is 120 Å². The number of aliphatic hydroxyl groups excluding tert-OH is 1. The quantitative estimate of drug-likeness (QED) is 0.0824.